The third-order valence-electron chi connectivity index (χ3n) is 2.19. The summed E-state index contributed by atoms with van der Waals surface area (Å²) in [6, 6.07) is 6.79. The number of nitrogens with one attached hydrogen (secondary N) is 1. The number of hydrogen-bond acceptors (Lipinski definition) is 6. The number of nitro groups is 1. The molecule has 0 aliphatic rings. The highest BCUT2D eigenvalue weighted by molar-refractivity contribution is 7.99. The van der Waals surface area contributed by atoms with Crippen LogP contribution in [0.1, 0.15) is 0 Å². The van der Waals surface area contributed by atoms with Crippen molar-refractivity contribution in [1.29, 1.82) is 0 Å². The van der Waals surface area contributed by atoms with Crippen molar-refractivity contribution < 1.29 is 4.92 Å². The number of benzene rings is 1. The smallest absolute Gasteiger partial charge is 0.306 e. The lowest BCUT2D eigenvalue weighted by Crippen LogP contribution is -1.98. The highest BCUT2D eigenvalue weighted by Crippen LogP contribution is 2.37. The van der Waals surface area contributed by atoms with Crippen LogP contribution in [0.4, 0.5) is 11.4 Å². The van der Waals surface area contributed by atoms with E-state index < -0.39 is 4.92 Å². The fraction of sp³-hybridized carbons (Fsp3) is 0.0909. The lowest BCUT2D eigenvalue weighted by Gasteiger charge is -2.06. The third-order valence-corrected chi connectivity index (χ3v) is 3.14. The van der Waals surface area contributed by atoms with E-state index in [1.807, 2.05) is 0 Å². The van der Waals surface area contributed by atoms with Crippen LogP contribution in [0, 0.1) is 10.1 Å². The normalized spacial score (nSPS) is 10.1. The maximum atomic E-state index is 11.1. The van der Waals surface area contributed by atoms with Gasteiger partial charge in [-0.15, -0.1) is 0 Å². The summed E-state index contributed by atoms with van der Waals surface area (Å²) >= 11 is 1.17. The predicted octanol–water partition coefficient (Wildman–Crippen LogP) is 2.58. The average molecular weight is 262 g/mol. The van der Waals surface area contributed by atoms with Crippen LogP contribution >= 0.6 is 11.8 Å². The molecular weight excluding hydrogens is 252 g/mol. The zero-order chi connectivity index (χ0) is 13.0. The maximum Gasteiger partial charge on any atom is 0.306 e. The number of anilines is 1. The van der Waals surface area contributed by atoms with Gasteiger partial charge < -0.3 is 5.32 Å². The molecule has 0 atom stereocenters. The lowest BCUT2D eigenvalue weighted by molar-refractivity contribution is -0.386. The minimum atomic E-state index is -0.406. The molecule has 0 saturated carbocycles. The van der Waals surface area contributed by atoms with Gasteiger partial charge in [-0.1, -0.05) is 6.07 Å². The molecule has 0 unspecified atom stereocenters. The molecule has 0 radical (unpaired) electrons. The molecule has 0 spiro atoms. The number of hydrogen-bond donors (Lipinski definition) is 1. The zero-order valence-electron chi connectivity index (χ0n) is 9.53. The standard InChI is InChI=1S/C11H10N4O2S/c1-12-8-4-2-5-9(10(8)15(16)17)18-11-13-6-3-7-14-11/h2-7,12H,1H3. The second-order valence-corrected chi connectivity index (χ2v) is 4.30. The van der Waals surface area contributed by atoms with Crippen LogP contribution in [0.15, 0.2) is 46.7 Å². The van der Waals surface area contributed by atoms with Crippen LogP contribution in [-0.2, 0) is 0 Å². The Morgan fingerprint density at radius 3 is 2.61 bits per heavy atom. The van der Waals surface area contributed by atoms with Gasteiger partial charge in [0.2, 0.25) is 0 Å². The van der Waals surface area contributed by atoms with E-state index >= 15 is 0 Å². The largest absolute Gasteiger partial charge is 0.383 e. The van der Waals surface area contributed by atoms with E-state index in [1.54, 1.807) is 43.7 Å². The molecule has 1 aromatic carbocycles. The monoisotopic (exact) mass is 262 g/mol. The first-order valence-corrected chi connectivity index (χ1v) is 5.94. The topological polar surface area (TPSA) is 81.0 Å². The predicted molar refractivity (Wildman–Crippen MR) is 68.8 cm³/mol. The van der Waals surface area contributed by atoms with E-state index in [1.165, 1.54) is 11.8 Å². The Balaban J connectivity index is 2.42. The van der Waals surface area contributed by atoms with Gasteiger partial charge in [0.1, 0.15) is 5.69 Å². The summed E-state index contributed by atoms with van der Waals surface area (Å²) in [5.74, 6) is 0. The first-order chi connectivity index (χ1) is 8.72. The second kappa shape index (κ2) is 5.46. The summed E-state index contributed by atoms with van der Waals surface area (Å²) in [6.07, 6.45) is 3.20. The number of nitro benzene ring substituents is 1. The van der Waals surface area contributed by atoms with E-state index in [4.69, 9.17) is 0 Å². The molecule has 0 saturated heterocycles. The number of para-hydroxylation sites is 1. The molecule has 6 nitrogen and oxygen atoms in total. The zero-order valence-corrected chi connectivity index (χ0v) is 10.3. The summed E-state index contributed by atoms with van der Waals surface area (Å²) < 4.78 is 0. The Bertz CT molecular complexity index is 562. The van der Waals surface area contributed by atoms with Crippen LogP contribution in [0.2, 0.25) is 0 Å². The third kappa shape index (κ3) is 2.57. The lowest BCUT2D eigenvalue weighted by atomic mass is 10.3. The summed E-state index contributed by atoms with van der Waals surface area (Å²) in [6.45, 7) is 0. The van der Waals surface area contributed by atoms with E-state index in [9.17, 15) is 10.1 Å². The molecule has 1 aromatic heterocycles. The van der Waals surface area contributed by atoms with E-state index in [0.29, 0.717) is 15.7 Å². The average Bonchev–Trinajstić information content (AvgIpc) is 2.39. The van der Waals surface area contributed by atoms with Crippen molar-refractivity contribution in [3.05, 3.63) is 46.8 Å². The van der Waals surface area contributed by atoms with Gasteiger partial charge in [-0.3, -0.25) is 10.1 Å². The van der Waals surface area contributed by atoms with Crippen LogP contribution in [-0.4, -0.2) is 21.9 Å². The molecule has 18 heavy (non-hydrogen) atoms. The van der Waals surface area contributed by atoms with E-state index in [0.717, 1.165) is 0 Å². The number of nitrogens with zero attached hydrogens (tertiary/aromatic N) is 3. The summed E-state index contributed by atoms with van der Waals surface area (Å²) in [4.78, 5) is 19.3. The Morgan fingerprint density at radius 2 is 2.00 bits per heavy atom. The van der Waals surface area contributed by atoms with Gasteiger partial charge >= 0.3 is 5.69 Å². The van der Waals surface area contributed by atoms with E-state index in [-0.39, 0.29) is 5.69 Å². The Labute approximate surface area is 108 Å². The molecule has 0 bridgehead atoms. The van der Waals surface area contributed by atoms with E-state index in [2.05, 4.69) is 15.3 Å². The molecule has 92 valence electrons. The highest BCUT2D eigenvalue weighted by Gasteiger charge is 2.20. The molecule has 1 N–H and O–H groups in total. The highest BCUT2D eigenvalue weighted by atomic mass is 32.2. The molecule has 0 aliphatic carbocycles. The summed E-state index contributed by atoms with van der Waals surface area (Å²) in [5, 5.41) is 14.4. The molecule has 0 fully saturated rings. The minimum absolute atomic E-state index is 0.0393. The quantitative estimate of drug-likeness (QED) is 0.518. The fourth-order valence-corrected chi connectivity index (χ4v) is 2.28. The van der Waals surface area contributed by atoms with Crippen LogP contribution in [0.5, 0.6) is 0 Å². The van der Waals surface area contributed by atoms with Crippen molar-refractivity contribution in [2.24, 2.45) is 0 Å². The first-order valence-electron chi connectivity index (χ1n) is 5.12. The van der Waals surface area contributed by atoms with Crippen molar-refractivity contribution in [2.45, 2.75) is 10.1 Å². The van der Waals surface area contributed by atoms with Gasteiger partial charge in [-0.05, 0) is 30.0 Å². The van der Waals surface area contributed by atoms with Crippen molar-refractivity contribution in [2.75, 3.05) is 12.4 Å². The van der Waals surface area contributed by atoms with Crippen LogP contribution in [0.3, 0.4) is 0 Å². The summed E-state index contributed by atoms with van der Waals surface area (Å²) in [7, 11) is 1.65. The van der Waals surface area contributed by atoms with Gasteiger partial charge in [0.15, 0.2) is 5.16 Å². The van der Waals surface area contributed by atoms with Crippen molar-refractivity contribution in [3.63, 3.8) is 0 Å². The Kier molecular flexibility index (Phi) is 3.73. The number of aromatic nitrogens is 2. The van der Waals surface area contributed by atoms with Crippen LogP contribution in [0.25, 0.3) is 0 Å². The van der Waals surface area contributed by atoms with Gasteiger partial charge in [-0.2, -0.15) is 0 Å². The van der Waals surface area contributed by atoms with Crippen molar-refractivity contribution in [3.8, 4) is 0 Å². The second-order valence-electron chi connectivity index (χ2n) is 3.29. The van der Waals surface area contributed by atoms with Crippen molar-refractivity contribution >= 4 is 23.1 Å². The van der Waals surface area contributed by atoms with Gasteiger partial charge in [0.25, 0.3) is 0 Å². The Morgan fingerprint density at radius 1 is 1.28 bits per heavy atom. The van der Waals surface area contributed by atoms with Gasteiger partial charge in [-0.25, -0.2) is 9.97 Å². The fourth-order valence-electron chi connectivity index (χ4n) is 1.43. The minimum Gasteiger partial charge on any atom is -0.383 e. The summed E-state index contributed by atoms with van der Waals surface area (Å²) in [5.41, 5.74) is 0.512. The molecule has 7 heteroatoms. The SMILES string of the molecule is CNc1cccc(Sc2ncccn2)c1[N+](=O)[O-]. The molecule has 0 amide bonds. The maximum absolute atomic E-state index is 11.1. The van der Waals surface area contributed by atoms with Crippen LogP contribution < -0.4 is 5.32 Å². The molecule has 2 aromatic rings. The molecular formula is C11H10N4O2S. The number of rotatable bonds is 4. The first kappa shape index (κ1) is 12.3. The Hall–Kier alpha value is -2.15. The molecule has 2 rings (SSSR count). The van der Waals surface area contributed by atoms with Crippen molar-refractivity contribution in [1.82, 2.24) is 9.97 Å². The van der Waals surface area contributed by atoms with Gasteiger partial charge in [0.05, 0.1) is 9.82 Å². The van der Waals surface area contributed by atoms with Gasteiger partial charge in [0, 0.05) is 19.4 Å². The molecule has 1 heterocycles. The molecule has 0 aliphatic heterocycles.